The van der Waals surface area contributed by atoms with Gasteiger partial charge in [-0.25, -0.2) is 0 Å². The molecule has 7 nitrogen and oxygen atoms in total. The van der Waals surface area contributed by atoms with Crippen LogP contribution >= 0.6 is 0 Å². The molecule has 4 aromatic rings. The van der Waals surface area contributed by atoms with Crippen molar-refractivity contribution in [2.75, 3.05) is 23.8 Å². The average Bonchev–Trinajstić information content (AvgIpc) is 3.29. The second-order valence-electron chi connectivity index (χ2n) is 7.54. The van der Waals surface area contributed by atoms with E-state index in [2.05, 4.69) is 10.6 Å². The van der Waals surface area contributed by atoms with Crippen LogP contribution in [0.2, 0.25) is 0 Å². The zero-order valence-electron chi connectivity index (χ0n) is 19.5. The summed E-state index contributed by atoms with van der Waals surface area (Å²) >= 11 is 0. The Kier molecular flexibility index (Phi) is 7.47. The van der Waals surface area contributed by atoms with Crippen LogP contribution in [0.4, 0.5) is 11.4 Å². The Morgan fingerprint density at radius 1 is 0.829 bits per heavy atom. The van der Waals surface area contributed by atoms with Crippen LogP contribution in [0.25, 0.3) is 17.0 Å². The number of furan rings is 1. The van der Waals surface area contributed by atoms with E-state index in [1.165, 1.54) is 6.08 Å². The first-order valence-corrected chi connectivity index (χ1v) is 11.3. The molecule has 0 radical (unpaired) electrons. The molecule has 0 aliphatic carbocycles. The van der Waals surface area contributed by atoms with E-state index < -0.39 is 0 Å². The average molecular weight is 471 g/mol. The topological polar surface area (TPSA) is 89.8 Å². The number of anilines is 2. The fourth-order valence-corrected chi connectivity index (χ4v) is 3.51. The first kappa shape index (κ1) is 23.6. The Morgan fingerprint density at radius 3 is 2.11 bits per heavy atom. The summed E-state index contributed by atoms with van der Waals surface area (Å²) in [6, 6.07) is 21.7. The zero-order valence-corrected chi connectivity index (χ0v) is 19.5. The van der Waals surface area contributed by atoms with Gasteiger partial charge in [-0.2, -0.15) is 0 Å². The summed E-state index contributed by atoms with van der Waals surface area (Å²) in [6.07, 6.45) is 2.99. The number of para-hydroxylation sites is 1. The number of nitrogens with one attached hydrogen (secondary N) is 2. The molecule has 2 N–H and O–H groups in total. The van der Waals surface area contributed by atoms with Gasteiger partial charge in [-0.3, -0.25) is 9.59 Å². The van der Waals surface area contributed by atoms with Gasteiger partial charge in [0.25, 0.3) is 5.91 Å². The van der Waals surface area contributed by atoms with Crippen LogP contribution in [0.15, 0.2) is 83.3 Å². The van der Waals surface area contributed by atoms with Crippen LogP contribution in [0.5, 0.6) is 11.5 Å². The first-order valence-electron chi connectivity index (χ1n) is 11.3. The molecular formula is C28H26N2O5. The molecule has 0 saturated heterocycles. The minimum atomic E-state index is -0.366. The lowest BCUT2D eigenvalue weighted by Gasteiger charge is -2.17. The lowest BCUT2D eigenvalue weighted by molar-refractivity contribution is -0.111. The molecule has 0 saturated carbocycles. The molecule has 0 fully saturated rings. The van der Waals surface area contributed by atoms with Gasteiger partial charge in [0, 0.05) is 29.2 Å². The number of rotatable bonds is 9. The highest BCUT2D eigenvalue weighted by atomic mass is 16.5. The summed E-state index contributed by atoms with van der Waals surface area (Å²) in [4.78, 5) is 25.4. The number of benzene rings is 3. The maximum atomic E-state index is 12.7. The first-order chi connectivity index (χ1) is 17.1. The highest BCUT2D eigenvalue weighted by Crippen LogP contribution is 2.37. The fraction of sp³-hybridized carbons (Fsp3) is 0.143. The Hall–Kier alpha value is -4.52. The minimum absolute atomic E-state index is 0.278. The monoisotopic (exact) mass is 470 g/mol. The van der Waals surface area contributed by atoms with Crippen molar-refractivity contribution in [2.24, 2.45) is 0 Å². The van der Waals surface area contributed by atoms with E-state index in [-0.39, 0.29) is 11.8 Å². The second kappa shape index (κ2) is 11.1. The number of carbonyl (C=O) groups excluding carboxylic acids is 2. The van der Waals surface area contributed by atoms with Crippen molar-refractivity contribution in [3.8, 4) is 11.5 Å². The summed E-state index contributed by atoms with van der Waals surface area (Å²) < 4.78 is 17.2. The number of amides is 2. The molecule has 0 bridgehead atoms. The van der Waals surface area contributed by atoms with Crippen molar-refractivity contribution < 1.29 is 23.5 Å². The number of hydrogen-bond donors (Lipinski definition) is 2. The van der Waals surface area contributed by atoms with Gasteiger partial charge in [0.2, 0.25) is 5.91 Å². The molecule has 4 rings (SSSR count). The van der Waals surface area contributed by atoms with Crippen molar-refractivity contribution in [2.45, 2.75) is 13.8 Å². The quantitative estimate of drug-likeness (QED) is 0.287. The third-order valence-corrected chi connectivity index (χ3v) is 5.07. The normalized spacial score (nSPS) is 10.9. The SMILES string of the molecule is CCOc1cc(NC(=O)c2ccccc2)c(OCC)cc1NC(=O)/C=C/c1cc2ccccc2o1. The molecule has 7 heteroatoms. The summed E-state index contributed by atoms with van der Waals surface area (Å²) in [6.45, 7) is 4.43. The Balaban J connectivity index is 1.56. The van der Waals surface area contributed by atoms with Crippen LogP contribution in [-0.4, -0.2) is 25.0 Å². The summed E-state index contributed by atoms with van der Waals surface area (Å²) in [5, 5.41) is 6.65. The van der Waals surface area contributed by atoms with E-state index >= 15 is 0 Å². The van der Waals surface area contributed by atoms with Crippen LogP contribution < -0.4 is 20.1 Å². The van der Waals surface area contributed by atoms with Gasteiger partial charge in [-0.05, 0) is 44.2 Å². The molecule has 0 aliphatic heterocycles. The third kappa shape index (κ3) is 5.89. The molecule has 1 aromatic heterocycles. The zero-order chi connectivity index (χ0) is 24.6. The third-order valence-electron chi connectivity index (χ3n) is 5.07. The molecule has 0 unspecified atom stereocenters. The standard InChI is InChI=1S/C28H26N2O5/c1-3-33-25-18-23(30-28(32)19-10-6-5-7-11-19)26(34-4-2)17-22(25)29-27(31)15-14-21-16-20-12-8-9-13-24(20)35-21/h5-18H,3-4H2,1-2H3,(H,29,31)(H,30,32)/b15-14+. The van der Waals surface area contributed by atoms with E-state index in [9.17, 15) is 9.59 Å². The van der Waals surface area contributed by atoms with E-state index in [1.807, 2.05) is 50.2 Å². The molecule has 0 aliphatic rings. The molecule has 3 aromatic carbocycles. The van der Waals surface area contributed by atoms with Gasteiger partial charge < -0.3 is 24.5 Å². The van der Waals surface area contributed by atoms with Gasteiger partial charge in [-0.1, -0.05) is 36.4 Å². The number of ether oxygens (including phenoxy) is 2. The van der Waals surface area contributed by atoms with Crippen molar-refractivity contribution in [3.05, 3.63) is 90.2 Å². The Morgan fingerprint density at radius 2 is 1.46 bits per heavy atom. The predicted molar refractivity (Wildman–Crippen MR) is 137 cm³/mol. The summed E-state index contributed by atoms with van der Waals surface area (Å²) in [5.41, 5.74) is 2.13. The van der Waals surface area contributed by atoms with Crippen LogP contribution in [0, 0.1) is 0 Å². The van der Waals surface area contributed by atoms with Gasteiger partial charge in [-0.15, -0.1) is 0 Å². The van der Waals surface area contributed by atoms with Crippen LogP contribution in [0.1, 0.15) is 30.0 Å². The van der Waals surface area contributed by atoms with Gasteiger partial charge in [0.15, 0.2) is 0 Å². The Labute approximate surface area is 203 Å². The van der Waals surface area contributed by atoms with E-state index in [4.69, 9.17) is 13.9 Å². The van der Waals surface area contributed by atoms with E-state index in [0.29, 0.717) is 47.4 Å². The maximum Gasteiger partial charge on any atom is 0.255 e. The molecule has 0 spiro atoms. The molecule has 1 heterocycles. The van der Waals surface area contributed by atoms with Gasteiger partial charge >= 0.3 is 0 Å². The predicted octanol–water partition coefficient (Wildman–Crippen LogP) is 6.13. The van der Waals surface area contributed by atoms with Crippen molar-refractivity contribution in [3.63, 3.8) is 0 Å². The molecule has 2 amide bonds. The molecule has 178 valence electrons. The number of fused-ring (bicyclic) bond motifs is 1. The fourth-order valence-electron chi connectivity index (χ4n) is 3.51. The van der Waals surface area contributed by atoms with Crippen LogP contribution in [0.3, 0.4) is 0 Å². The van der Waals surface area contributed by atoms with Crippen molar-refractivity contribution in [1.29, 1.82) is 0 Å². The van der Waals surface area contributed by atoms with Crippen molar-refractivity contribution in [1.82, 2.24) is 0 Å². The maximum absolute atomic E-state index is 12.7. The largest absolute Gasteiger partial charge is 0.492 e. The highest BCUT2D eigenvalue weighted by Gasteiger charge is 2.16. The number of carbonyl (C=O) groups is 2. The highest BCUT2D eigenvalue weighted by molar-refractivity contribution is 6.06. The smallest absolute Gasteiger partial charge is 0.255 e. The summed E-state index contributed by atoms with van der Waals surface area (Å²) in [7, 11) is 0. The molecule has 35 heavy (non-hydrogen) atoms. The lowest BCUT2D eigenvalue weighted by Crippen LogP contribution is -2.14. The van der Waals surface area contributed by atoms with Gasteiger partial charge in [0.1, 0.15) is 22.8 Å². The van der Waals surface area contributed by atoms with E-state index in [0.717, 1.165) is 11.0 Å². The molecular weight excluding hydrogens is 444 g/mol. The van der Waals surface area contributed by atoms with Crippen LogP contribution in [-0.2, 0) is 4.79 Å². The molecule has 0 atom stereocenters. The van der Waals surface area contributed by atoms with E-state index in [1.54, 1.807) is 42.5 Å². The minimum Gasteiger partial charge on any atom is -0.492 e. The summed E-state index contributed by atoms with van der Waals surface area (Å²) in [5.74, 6) is 0.747. The second-order valence-corrected chi connectivity index (χ2v) is 7.54. The lowest BCUT2D eigenvalue weighted by atomic mass is 10.2. The van der Waals surface area contributed by atoms with Crippen molar-refractivity contribution >= 4 is 40.2 Å². The number of hydrogen-bond acceptors (Lipinski definition) is 5. The Bertz CT molecular complexity index is 1330. The van der Waals surface area contributed by atoms with Gasteiger partial charge in [0.05, 0.1) is 24.6 Å².